The van der Waals surface area contributed by atoms with Gasteiger partial charge < -0.3 is 0 Å². The number of sulfonamides is 1. The molecule has 3 aromatic carbocycles. The van der Waals surface area contributed by atoms with Crippen LogP contribution in [0, 0.1) is 13.8 Å². The van der Waals surface area contributed by atoms with Crippen LogP contribution in [0.1, 0.15) is 11.1 Å². The van der Waals surface area contributed by atoms with Crippen LogP contribution in [0.15, 0.2) is 83.8 Å². The number of aryl methyl sites for hydroxylation is 2. The molecule has 4 aromatic rings. The zero-order valence-electron chi connectivity index (χ0n) is 15.7. The molecule has 1 heterocycles. The first-order valence-corrected chi connectivity index (χ1v) is 10.5. The van der Waals surface area contributed by atoms with Crippen molar-refractivity contribution in [3.05, 3.63) is 90.0 Å². The molecule has 140 valence electrons. The quantitative estimate of drug-likeness (QED) is 0.515. The first-order chi connectivity index (χ1) is 13.4. The zero-order valence-corrected chi connectivity index (χ0v) is 16.5. The van der Waals surface area contributed by atoms with Crippen LogP contribution in [0.2, 0.25) is 0 Å². The fourth-order valence-corrected chi connectivity index (χ4v) is 4.62. The Labute approximate surface area is 164 Å². The van der Waals surface area contributed by atoms with Crippen LogP contribution in [-0.2, 0) is 10.0 Å². The van der Waals surface area contributed by atoms with E-state index in [2.05, 4.69) is 4.72 Å². The summed E-state index contributed by atoms with van der Waals surface area (Å²) in [5, 5.41) is 1.04. The molecule has 0 atom stereocenters. The van der Waals surface area contributed by atoms with Crippen LogP contribution in [0.3, 0.4) is 0 Å². The van der Waals surface area contributed by atoms with Gasteiger partial charge in [-0.3, -0.25) is 4.72 Å². The standard InChI is InChI=1S/C23H20N2O2S/c1-16-11-12-17(2)23(15-16)28(26,27)25-22-10-6-4-8-19(22)21-14-13-18-7-3-5-9-20(18)24-21/h3-15,25H,1-2H3. The monoisotopic (exact) mass is 388 g/mol. The summed E-state index contributed by atoms with van der Waals surface area (Å²) in [4.78, 5) is 4.99. The Morgan fingerprint density at radius 1 is 0.821 bits per heavy atom. The van der Waals surface area contributed by atoms with Crippen molar-refractivity contribution in [3.63, 3.8) is 0 Å². The third kappa shape index (κ3) is 3.49. The van der Waals surface area contributed by atoms with E-state index in [4.69, 9.17) is 4.98 Å². The molecule has 28 heavy (non-hydrogen) atoms. The van der Waals surface area contributed by atoms with Crippen LogP contribution < -0.4 is 4.72 Å². The summed E-state index contributed by atoms with van der Waals surface area (Å²) >= 11 is 0. The average molecular weight is 388 g/mol. The van der Waals surface area contributed by atoms with E-state index in [0.29, 0.717) is 11.3 Å². The van der Waals surface area contributed by atoms with Crippen LogP contribution in [0.4, 0.5) is 5.69 Å². The van der Waals surface area contributed by atoms with Crippen molar-refractivity contribution in [2.24, 2.45) is 0 Å². The van der Waals surface area contributed by atoms with Gasteiger partial charge in [0.25, 0.3) is 10.0 Å². The van der Waals surface area contributed by atoms with Gasteiger partial charge in [0.15, 0.2) is 0 Å². The Morgan fingerprint density at radius 3 is 2.43 bits per heavy atom. The number of hydrogen-bond acceptors (Lipinski definition) is 3. The molecule has 0 fully saturated rings. The lowest BCUT2D eigenvalue weighted by Gasteiger charge is -2.14. The van der Waals surface area contributed by atoms with Gasteiger partial charge in [-0.15, -0.1) is 0 Å². The van der Waals surface area contributed by atoms with Gasteiger partial charge >= 0.3 is 0 Å². The van der Waals surface area contributed by atoms with Gasteiger partial charge in [-0.05, 0) is 49.2 Å². The molecule has 0 bridgehead atoms. The van der Waals surface area contributed by atoms with Gasteiger partial charge in [-0.1, -0.05) is 54.6 Å². The molecule has 0 spiro atoms. The number of aromatic nitrogens is 1. The fraction of sp³-hybridized carbons (Fsp3) is 0.0870. The van der Waals surface area contributed by atoms with Gasteiger partial charge in [0.05, 0.1) is 21.8 Å². The molecule has 0 aliphatic heterocycles. The van der Waals surface area contributed by atoms with Gasteiger partial charge in [0, 0.05) is 10.9 Å². The maximum atomic E-state index is 13.0. The lowest BCUT2D eigenvalue weighted by molar-refractivity contribution is 0.600. The van der Waals surface area contributed by atoms with Gasteiger partial charge in [-0.2, -0.15) is 0 Å². The highest BCUT2D eigenvalue weighted by molar-refractivity contribution is 7.92. The summed E-state index contributed by atoms with van der Waals surface area (Å²) in [6, 6.07) is 24.5. The summed E-state index contributed by atoms with van der Waals surface area (Å²) in [5.41, 5.74) is 4.44. The van der Waals surface area contributed by atoms with Crippen molar-refractivity contribution in [2.45, 2.75) is 18.7 Å². The molecule has 0 radical (unpaired) electrons. The molecule has 0 aliphatic carbocycles. The smallest absolute Gasteiger partial charge is 0.262 e. The first-order valence-electron chi connectivity index (χ1n) is 8.99. The van der Waals surface area contributed by atoms with Crippen molar-refractivity contribution in [2.75, 3.05) is 4.72 Å². The summed E-state index contributed by atoms with van der Waals surface area (Å²) in [6.07, 6.45) is 0. The van der Waals surface area contributed by atoms with E-state index in [-0.39, 0.29) is 4.90 Å². The average Bonchev–Trinajstić information content (AvgIpc) is 2.69. The Bertz CT molecular complexity index is 1280. The maximum absolute atomic E-state index is 13.0. The lowest BCUT2D eigenvalue weighted by atomic mass is 10.1. The van der Waals surface area contributed by atoms with E-state index >= 15 is 0 Å². The second-order valence-electron chi connectivity index (χ2n) is 6.81. The fourth-order valence-electron chi connectivity index (χ4n) is 3.21. The number of hydrogen-bond donors (Lipinski definition) is 1. The van der Waals surface area contributed by atoms with E-state index < -0.39 is 10.0 Å². The summed E-state index contributed by atoms with van der Waals surface area (Å²) in [7, 11) is -3.72. The number of fused-ring (bicyclic) bond motifs is 1. The minimum absolute atomic E-state index is 0.286. The molecule has 0 saturated heterocycles. The SMILES string of the molecule is Cc1ccc(C)c(S(=O)(=O)Nc2ccccc2-c2ccc3ccccc3n2)c1. The van der Waals surface area contributed by atoms with E-state index in [1.165, 1.54) is 0 Å². The highest BCUT2D eigenvalue weighted by atomic mass is 32.2. The van der Waals surface area contributed by atoms with Crippen LogP contribution in [0.5, 0.6) is 0 Å². The molecule has 1 aromatic heterocycles. The van der Waals surface area contributed by atoms with E-state index in [1.54, 1.807) is 19.1 Å². The zero-order chi connectivity index (χ0) is 19.7. The number of rotatable bonds is 4. The van der Waals surface area contributed by atoms with Crippen LogP contribution in [0.25, 0.3) is 22.2 Å². The Balaban J connectivity index is 1.78. The number of nitrogens with zero attached hydrogens (tertiary/aromatic N) is 1. The summed E-state index contributed by atoms with van der Waals surface area (Å²) < 4.78 is 28.8. The number of nitrogens with one attached hydrogen (secondary N) is 1. The normalized spacial score (nSPS) is 11.5. The van der Waals surface area contributed by atoms with Crippen LogP contribution >= 0.6 is 0 Å². The first kappa shape index (κ1) is 18.2. The predicted octanol–water partition coefficient (Wildman–Crippen LogP) is 5.32. The Kier molecular flexibility index (Phi) is 4.61. The number of pyridine rings is 1. The molecule has 0 unspecified atom stereocenters. The van der Waals surface area contributed by atoms with Gasteiger partial charge in [-0.25, -0.2) is 13.4 Å². The number of anilines is 1. The van der Waals surface area contributed by atoms with Crippen molar-refractivity contribution < 1.29 is 8.42 Å². The summed E-state index contributed by atoms with van der Waals surface area (Å²) in [5.74, 6) is 0. The largest absolute Gasteiger partial charge is 0.279 e. The minimum Gasteiger partial charge on any atom is -0.279 e. The highest BCUT2D eigenvalue weighted by Crippen LogP contribution is 2.30. The molecule has 0 aliphatic rings. The molecule has 4 rings (SSSR count). The second kappa shape index (κ2) is 7.09. The molecular formula is C23H20N2O2S. The number of benzene rings is 3. The van der Waals surface area contributed by atoms with E-state index in [0.717, 1.165) is 27.7 Å². The van der Waals surface area contributed by atoms with Crippen molar-refractivity contribution >= 4 is 26.6 Å². The summed E-state index contributed by atoms with van der Waals surface area (Å²) in [6.45, 7) is 3.68. The van der Waals surface area contributed by atoms with Crippen molar-refractivity contribution in [3.8, 4) is 11.3 Å². The number of para-hydroxylation sites is 2. The van der Waals surface area contributed by atoms with Crippen LogP contribution in [-0.4, -0.2) is 13.4 Å². The molecule has 5 heteroatoms. The highest BCUT2D eigenvalue weighted by Gasteiger charge is 2.19. The molecule has 0 saturated carbocycles. The van der Waals surface area contributed by atoms with E-state index in [1.807, 2.05) is 73.7 Å². The lowest BCUT2D eigenvalue weighted by Crippen LogP contribution is -2.15. The van der Waals surface area contributed by atoms with Gasteiger partial charge in [0.1, 0.15) is 0 Å². The third-order valence-corrected chi connectivity index (χ3v) is 6.19. The van der Waals surface area contributed by atoms with E-state index in [9.17, 15) is 8.42 Å². The minimum atomic E-state index is -3.72. The predicted molar refractivity (Wildman–Crippen MR) is 114 cm³/mol. The Hall–Kier alpha value is -3.18. The molecule has 0 amide bonds. The topological polar surface area (TPSA) is 59.1 Å². The maximum Gasteiger partial charge on any atom is 0.262 e. The molecule has 1 N–H and O–H groups in total. The Morgan fingerprint density at radius 2 is 1.57 bits per heavy atom. The molecular weight excluding hydrogens is 368 g/mol. The van der Waals surface area contributed by atoms with Crippen molar-refractivity contribution in [1.29, 1.82) is 0 Å². The third-order valence-electron chi connectivity index (χ3n) is 4.68. The van der Waals surface area contributed by atoms with Gasteiger partial charge in [0.2, 0.25) is 0 Å². The van der Waals surface area contributed by atoms with Crippen molar-refractivity contribution in [1.82, 2.24) is 4.98 Å². The molecule has 4 nitrogen and oxygen atoms in total. The second-order valence-corrected chi connectivity index (χ2v) is 8.46.